The molecule has 0 N–H and O–H groups in total. The van der Waals surface area contributed by atoms with Crippen LogP contribution in [0.25, 0.3) is 10.4 Å². The molecule has 0 heterocycles. The van der Waals surface area contributed by atoms with Gasteiger partial charge in [-0.15, -0.1) is 0 Å². The van der Waals surface area contributed by atoms with Gasteiger partial charge in [0.25, 0.3) is 0 Å². The summed E-state index contributed by atoms with van der Waals surface area (Å²) in [5.41, 5.74) is 10.1. The minimum absolute atomic E-state index is 0.214. The number of azide groups is 1. The normalized spacial score (nSPS) is 8.40. The average molecular weight is 200 g/mol. The largest absolute Gasteiger partial charge is 0.378 e. The molecule has 0 spiro atoms. The van der Waals surface area contributed by atoms with Gasteiger partial charge >= 0.3 is 0 Å². The maximum Gasteiger partial charge on any atom is 0.0880 e. The van der Waals surface area contributed by atoms with Crippen LogP contribution in [0.1, 0.15) is 5.56 Å². The second-order valence-electron chi connectivity index (χ2n) is 3.13. The Balaban J connectivity index is 2.70. The molecule has 0 saturated heterocycles. The standard InChI is InChI=1S/C11H12N4/c1-15(2)11-7-5-10(6-8-11)4-3-9-13-14-12/h5-8H,9H2,1-2H3. The van der Waals surface area contributed by atoms with Gasteiger partial charge in [-0.1, -0.05) is 17.0 Å². The number of benzene rings is 1. The molecule has 0 aliphatic heterocycles. The summed E-state index contributed by atoms with van der Waals surface area (Å²) >= 11 is 0. The van der Waals surface area contributed by atoms with Crippen LogP contribution in [0, 0.1) is 11.8 Å². The van der Waals surface area contributed by atoms with Gasteiger partial charge in [0.1, 0.15) is 0 Å². The third-order valence-corrected chi connectivity index (χ3v) is 1.83. The van der Waals surface area contributed by atoms with E-state index < -0.39 is 0 Å². The van der Waals surface area contributed by atoms with Gasteiger partial charge in [-0.05, 0) is 29.8 Å². The van der Waals surface area contributed by atoms with Crippen molar-refractivity contribution in [1.82, 2.24) is 0 Å². The van der Waals surface area contributed by atoms with E-state index >= 15 is 0 Å². The summed E-state index contributed by atoms with van der Waals surface area (Å²) in [6.45, 7) is 0.214. The average Bonchev–Trinajstić information content (AvgIpc) is 2.25. The Bertz CT molecular complexity index is 416. The van der Waals surface area contributed by atoms with E-state index in [1.54, 1.807) is 0 Å². The van der Waals surface area contributed by atoms with E-state index in [0.717, 1.165) is 11.3 Å². The van der Waals surface area contributed by atoms with Gasteiger partial charge in [0.15, 0.2) is 0 Å². The molecule has 1 aromatic carbocycles. The van der Waals surface area contributed by atoms with Crippen molar-refractivity contribution in [2.45, 2.75) is 0 Å². The van der Waals surface area contributed by atoms with E-state index in [1.807, 2.05) is 43.3 Å². The fraction of sp³-hybridized carbons (Fsp3) is 0.273. The predicted octanol–water partition coefficient (Wildman–Crippen LogP) is 2.41. The SMILES string of the molecule is CN(C)c1ccc(C#CCN=[N+]=[N-])cc1. The highest BCUT2D eigenvalue weighted by atomic mass is 15.1. The highest BCUT2D eigenvalue weighted by molar-refractivity contribution is 5.49. The van der Waals surface area contributed by atoms with E-state index in [2.05, 4.69) is 21.9 Å². The zero-order chi connectivity index (χ0) is 11.1. The third-order valence-electron chi connectivity index (χ3n) is 1.83. The summed E-state index contributed by atoms with van der Waals surface area (Å²) in [5, 5.41) is 3.33. The fourth-order valence-corrected chi connectivity index (χ4v) is 1.05. The Morgan fingerprint density at radius 2 is 2.00 bits per heavy atom. The highest BCUT2D eigenvalue weighted by Crippen LogP contribution is 2.11. The lowest BCUT2D eigenvalue weighted by atomic mass is 10.2. The summed E-state index contributed by atoms with van der Waals surface area (Å²) in [6, 6.07) is 7.88. The molecule has 4 heteroatoms. The number of nitrogens with zero attached hydrogens (tertiary/aromatic N) is 4. The third kappa shape index (κ3) is 3.63. The van der Waals surface area contributed by atoms with Crippen LogP contribution in [0.15, 0.2) is 29.4 Å². The Morgan fingerprint density at radius 1 is 1.33 bits per heavy atom. The zero-order valence-corrected chi connectivity index (χ0v) is 8.81. The van der Waals surface area contributed by atoms with Gasteiger partial charge in [-0.2, -0.15) is 0 Å². The summed E-state index contributed by atoms with van der Waals surface area (Å²) in [4.78, 5) is 4.64. The van der Waals surface area contributed by atoms with Gasteiger partial charge in [0.05, 0.1) is 6.54 Å². The lowest BCUT2D eigenvalue weighted by Gasteiger charge is -2.11. The molecule has 0 amide bonds. The van der Waals surface area contributed by atoms with Crippen molar-refractivity contribution in [3.63, 3.8) is 0 Å². The maximum atomic E-state index is 8.05. The zero-order valence-electron chi connectivity index (χ0n) is 8.81. The smallest absolute Gasteiger partial charge is 0.0880 e. The number of hydrogen-bond acceptors (Lipinski definition) is 2. The minimum Gasteiger partial charge on any atom is -0.378 e. The first kappa shape index (κ1) is 11.0. The van der Waals surface area contributed by atoms with Crippen LogP contribution in [-0.4, -0.2) is 20.6 Å². The van der Waals surface area contributed by atoms with Crippen molar-refractivity contribution in [3.05, 3.63) is 40.3 Å². The van der Waals surface area contributed by atoms with Crippen LogP contribution >= 0.6 is 0 Å². The van der Waals surface area contributed by atoms with E-state index in [9.17, 15) is 0 Å². The first-order valence-electron chi connectivity index (χ1n) is 4.51. The molecule has 0 unspecified atom stereocenters. The summed E-state index contributed by atoms with van der Waals surface area (Å²) in [5.74, 6) is 5.68. The second kappa shape index (κ2) is 5.58. The molecule has 1 rings (SSSR count). The maximum absolute atomic E-state index is 8.05. The predicted molar refractivity (Wildman–Crippen MR) is 61.7 cm³/mol. The second-order valence-corrected chi connectivity index (χ2v) is 3.13. The number of rotatable bonds is 2. The molecular formula is C11H12N4. The topological polar surface area (TPSA) is 52.0 Å². The Hall–Kier alpha value is -2.11. The van der Waals surface area contributed by atoms with Gasteiger partial charge in [-0.3, -0.25) is 0 Å². The van der Waals surface area contributed by atoms with Crippen molar-refractivity contribution in [2.75, 3.05) is 25.5 Å². The molecular weight excluding hydrogens is 188 g/mol. The Morgan fingerprint density at radius 3 is 2.53 bits per heavy atom. The molecule has 0 saturated carbocycles. The molecule has 0 aliphatic carbocycles. The van der Waals surface area contributed by atoms with Crippen LogP contribution in [0.3, 0.4) is 0 Å². The van der Waals surface area contributed by atoms with E-state index in [0.29, 0.717) is 0 Å². The van der Waals surface area contributed by atoms with Crippen molar-refractivity contribution >= 4 is 5.69 Å². The first-order chi connectivity index (χ1) is 7.24. The van der Waals surface area contributed by atoms with Crippen LogP contribution in [0.4, 0.5) is 5.69 Å². The lowest BCUT2D eigenvalue weighted by Crippen LogP contribution is -2.07. The van der Waals surface area contributed by atoms with Gasteiger partial charge < -0.3 is 4.90 Å². The number of anilines is 1. The van der Waals surface area contributed by atoms with Crippen molar-refractivity contribution in [3.8, 4) is 11.8 Å². The van der Waals surface area contributed by atoms with Crippen LogP contribution in [-0.2, 0) is 0 Å². The van der Waals surface area contributed by atoms with Gasteiger partial charge in [-0.25, -0.2) is 0 Å². The van der Waals surface area contributed by atoms with E-state index in [-0.39, 0.29) is 6.54 Å². The Kier molecular flexibility index (Phi) is 4.08. The first-order valence-corrected chi connectivity index (χ1v) is 4.51. The molecule has 15 heavy (non-hydrogen) atoms. The van der Waals surface area contributed by atoms with E-state index in [4.69, 9.17) is 5.53 Å². The van der Waals surface area contributed by atoms with Crippen molar-refractivity contribution < 1.29 is 0 Å². The molecule has 0 bridgehead atoms. The number of hydrogen-bond donors (Lipinski definition) is 0. The molecule has 0 aliphatic rings. The summed E-state index contributed by atoms with van der Waals surface area (Å²) < 4.78 is 0. The van der Waals surface area contributed by atoms with Crippen molar-refractivity contribution in [2.24, 2.45) is 5.11 Å². The van der Waals surface area contributed by atoms with Crippen LogP contribution in [0.5, 0.6) is 0 Å². The molecule has 0 aromatic heterocycles. The van der Waals surface area contributed by atoms with Gasteiger partial charge in [0, 0.05) is 30.3 Å². The molecule has 0 atom stereocenters. The monoisotopic (exact) mass is 200 g/mol. The van der Waals surface area contributed by atoms with Crippen molar-refractivity contribution in [1.29, 1.82) is 0 Å². The Labute approximate surface area is 89.1 Å². The summed E-state index contributed by atoms with van der Waals surface area (Å²) in [6.07, 6.45) is 0. The highest BCUT2D eigenvalue weighted by Gasteiger charge is 1.92. The van der Waals surface area contributed by atoms with Gasteiger partial charge in [0.2, 0.25) is 0 Å². The van der Waals surface area contributed by atoms with Crippen LogP contribution in [0.2, 0.25) is 0 Å². The molecule has 0 fully saturated rings. The summed E-state index contributed by atoms with van der Waals surface area (Å²) in [7, 11) is 3.98. The quantitative estimate of drug-likeness (QED) is 0.313. The minimum atomic E-state index is 0.214. The molecule has 4 nitrogen and oxygen atoms in total. The fourth-order valence-electron chi connectivity index (χ4n) is 1.05. The molecule has 76 valence electrons. The van der Waals surface area contributed by atoms with E-state index in [1.165, 1.54) is 0 Å². The van der Waals surface area contributed by atoms with Crippen LogP contribution < -0.4 is 4.90 Å². The lowest BCUT2D eigenvalue weighted by molar-refractivity contribution is 1.13. The molecule has 1 aromatic rings. The molecule has 0 radical (unpaired) electrons.